The van der Waals surface area contributed by atoms with Gasteiger partial charge in [-0.2, -0.15) is 0 Å². The lowest BCUT2D eigenvalue weighted by atomic mass is 9.91. The first kappa shape index (κ1) is 14.1. The van der Waals surface area contributed by atoms with Crippen LogP contribution in [0, 0.1) is 5.92 Å². The van der Waals surface area contributed by atoms with E-state index in [0.717, 1.165) is 24.6 Å². The highest BCUT2D eigenvalue weighted by molar-refractivity contribution is 5.68. The summed E-state index contributed by atoms with van der Waals surface area (Å²) in [6, 6.07) is 10.1. The monoisotopic (exact) mass is 261 g/mol. The topological polar surface area (TPSA) is 40.5 Å². The highest BCUT2D eigenvalue weighted by Crippen LogP contribution is 2.30. The van der Waals surface area contributed by atoms with Gasteiger partial charge in [0.2, 0.25) is 0 Å². The number of carboxylic acid groups (broad SMARTS) is 1. The molecule has 0 amide bonds. The van der Waals surface area contributed by atoms with Gasteiger partial charge >= 0.3 is 5.97 Å². The summed E-state index contributed by atoms with van der Waals surface area (Å²) in [5.74, 6) is 0.101. The fourth-order valence-corrected chi connectivity index (χ4v) is 2.97. The molecule has 1 aromatic carbocycles. The van der Waals surface area contributed by atoms with Gasteiger partial charge in [-0.15, -0.1) is 0 Å². The van der Waals surface area contributed by atoms with E-state index in [0.29, 0.717) is 0 Å². The summed E-state index contributed by atoms with van der Waals surface area (Å²) in [5.41, 5.74) is 1.12. The molecule has 0 saturated carbocycles. The normalized spacial score (nSPS) is 19.2. The van der Waals surface area contributed by atoms with Crippen molar-refractivity contribution >= 4 is 5.97 Å². The number of rotatable bonds is 5. The zero-order valence-corrected chi connectivity index (χ0v) is 11.6. The van der Waals surface area contributed by atoms with Crippen LogP contribution < -0.4 is 0 Å². The average molecular weight is 261 g/mol. The first-order valence-corrected chi connectivity index (χ1v) is 7.21. The van der Waals surface area contributed by atoms with E-state index < -0.39 is 5.97 Å². The van der Waals surface area contributed by atoms with Crippen molar-refractivity contribution in [3.05, 3.63) is 35.9 Å². The van der Waals surface area contributed by atoms with E-state index in [2.05, 4.69) is 11.8 Å². The molecule has 1 fully saturated rings. The Labute approximate surface area is 115 Å². The van der Waals surface area contributed by atoms with E-state index in [1.54, 1.807) is 0 Å². The lowest BCUT2D eigenvalue weighted by Gasteiger charge is -2.37. The van der Waals surface area contributed by atoms with Crippen LogP contribution in [0.1, 0.15) is 44.2 Å². The molecule has 1 aliphatic rings. The van der Waals surface area contributed by atoms with E-state index >= 15 is 0 Å². The molecule has 0 aliphatic carbocycles. The smallest absolute Gasteiger partial charge is 0.305 e. The molecular formula is C16H23NO2. The van der Waals surface area contributed by atoms with E-state index in [-0.39, 0.29) is 12.5 Å². The minimum Gasteiger partial charge on any atom is -0.481 e. The van der Waals surface area contributed by atoms with Crippen molar-refractivity contribution in [2.75, 3.05) is 13.1 Å². The van der Waals surface area contributed by atoms with Gasteiger partial charge in [0, 0.05) is 6.04 Å². The van der Waals surface area contributed by atoms with Gasteiger partial charge in [0.15, 0.2) is 0 Å². The predicted molar refractivity (Wildman–Crippen MR) is 76.0 cm³/mol. The van der Waals surface area contributed by atoms with Crippen LogP contribution in [0.25, 0.3) is 0 Å². The first-order valence-electron chi connectivity index (χ1n) is 7.21. The number of benzene rings is 1. The van der Waals surface area contributed by atoms with Crippen LogP contribution in [0.5, 0.6) is 0 Å². The quantitative estimate of drug-likeness (QED) is 0.884. The van der Waals surface area contributed by atoms with Gasteiger partial charge in [0.1, 0.15) is 0 Å². The molecule has 0 radical (unpaired) electrons. The predicted octanol–water partition coefficient (Wildman–Crippen LogP) is 3.32. The minimum absolute atomic E-state index is 0.0245. The number of piperidine rings is 1. The Morgan fingerprint density at radius 3 is 2.47 bits per heavy atom. The molecule has 3 nitrogen and oxygen atoms in total. The molecule has 1 N–H and O–H groups in total. The number of likely N-dealkylation sites (tertiary alicyclic amines) is 1. The standard InChI is InChI=1S/C16H23NO2/c1-2-13-8-10-17(11-9-13)15(12-16(18)19)14-6-4-3-5-7-14/h3-7,13,15H,2,8-12H2,1H3,(H,18,19). The van der Waals surface area contributed by atoms with Crippen LogP contribution in [0.3, 0.4) is 0 Å². The van der Waals surface area contributed by atoms with Crippen molar-refractivity contribution in [2.45, 2.75) is 38.6 Å². The summed E-state index contributed by atoms with van der Waals surface area (Å²) >= 11 is 0. The Kier molecular flexibility index (Phi) is 4.97. The summed E-state index contributed by atoms with van der Waals surface area (Å²) in [6.45, 7) is 4.28. The molecule has 1 atom stereocenters. The second-order valence-corrected chi connectivity index (χ2v) is 5.41. The van der Waals surface area contributed by atoms with Crippen LogP contribution in [-0.4, -0.2) is 29.1 Å². The largest absolute Gasteiger partial charge is 0.481 e. The molecular weight excluding hydrogens is 238 g/mol. The molecule has 2 rings (SSSR count). The molecule has 0 spiro atoms. The summed E-state index contributed by atoms with van der Waals surface area (Å²) in [6.07, 6.45) is 3.82. The van der Waals surface area contributed by atoms with Gasteiger partial charge in [-0.25, -0.2) is 0 Å². The zero-order chi connectivity index (χ0) is 13.7. The summed E-state index contributed by atoms with van der Waals surface area (Å²) in [5, 5.41) is 9.15. The summed E-state index contributed by atoms with van der Waals surface area (Å²) in [7, 11) is 0. The molecule has 104 valence electrons. The number of carbonyl (C=O) groups is 1. The van der Waals surface area contributed by atoms with Crippen molar-refractivity contribution in [3.63, 3.8) is 0 Å². The van der Waals surface area contributed by atoms with Gasteiger partial charge in [-0.3, -0.25) is 9.69 Å². The fraction of sp³-hybridized carbons (Fsp3) is 0.562. The molecule has 3 heteroatoms. The van der Waals surface area contributed by atoms with E-state index in [9.17, 15) is 4.79 Å². The third kappa shape index (κ3) is 3.80. The van der Waals surface area contributed by atoms with Crippen molar-refractivity contribution in [2.24, 2.45) is 5.92 Å². The van der Waals surface area contributed by atoms with Gasteiger partial charge < -0.3 is 5.11 Å². The molecule has 1 heterocycles. The minimum atomic E-state index is -0.716. The molecule has 1 aromatic rings. The van der Waals surface area contributed by atoms with Gasteiger partial charge in [-0.05, 0) is 37.4 Å². The number of hydrogen-bond acceptors (Lipinski definition) is 2. The maximum Gasteiger partial charge on any atom is 0.305 e. The summed E-state index contributed by atoms with van der Waals surface area (Å²) < 4.78 is 0. The second kappa shape index (κ2) is 6.71. The second-order valence-electron chi connectivity index (χ2n) is 5.41. The van der Waals surface area contributed by atoms with E-state index in [1.807, 2.05) is 30.3 Å². The van der Waals surface area contributed by atoms with Crippen molar-refractivity contribution in [1.82, 2.24) is 4.90 Å². The molecule has 19 heavy (non-hydrogen) atoms. The van der Waals surface area contributed by atoms with Crippen molar-refractivity contribution in [1.29, 1.82) is 0 Å². The maximum atomic E-state index is 11.1. The Bertz CT molecular complexity index is 396. The summed E-state index contributed by atoms with van der Waals surface area (Å²) in [4.78, 5) is 13.5. The molecule has 0 aromatic heterocycles. The van der Waals surface area contributed by atoms with E-state index in [4.69, 9.17) is 5.11 Å². The fourth-order valence-electron chi connectivity index (χ4n) is 2.97. The van der Waals surface area contributed by atoms with Crippen LogP contribution in [0.2, 0.25) is 0 Å². The molecule has 1 unspecified atom stereocenters. The van der Waals surface area contributed by atoms with Gasteiger partial charge in [-0.1, -0.05) is 43.7 Å². The van der Waals surface area contributed by atoms with Crippen LogP contribution in [-0.2, 0) is 4.79 Å². The average Bonchev–Trinajstić information content (AvgIpc) is 2.46. The van der Waals surface area contributed by atoms with Gasteiger partial charge in [0.05, 0.1) is 6.42 Å². The number of carboxylic acids is 1. The van der Waals surface area contributed by atoms with Crippen LogP contribution >= 0.6 is 0 Å². The Balaban J connectivity index is 2.08. The lowest BCUT2D eigenvalue weighted by Crippen LogP contribution is -2.37. The number of aliphatic carboxylic acids is 1. The zero-order valence-electron chi connectivity index (χ0n) is 11.6. The highest BCUT2D eigenvalue weighted by Gasteiger charge is 2.26. The maximum absolute atomic E-state index is 11.1. The van der Waals surface area contributed by atoms with Crippen LogP contribution in [0.15, 0.2) is 30.3 Å². The Morgan fingerprint density at radius 1 is 1.32 bits per heavy atom. The Hall–Kier alpha value is -1.35. The SMILES string of the molecule is CCC1CCN(C(CC(=O)O)c2ccccc2)CC1. The van der Waals surface area contributed by atoms with Crippen LogP contribution in [0.4, 0.5) is 0 Å². The van der Waals surface area contributed by atoms with Crippen molar-refractivity contribution in [3.8, 4) is 0 Å². The van der Waals surface area contributed by atoms with Crippen molar-refractivity contribution < 1.29 is 9.90 Å². The molecule has 1 saturated heterocycles. The Morgan fingerprint density at radius 2 is 1.95 bits per heavy atom. The molecule has 1 aliphatic heterocycles. The molecule has 0 bridgehead atoms. The first-order chi connectivity index (χ1) is 9.20. The lowest BCUT2D eigenvalue weighted by molar-refractivity contribution is -0.138. The number of nitrogens with zero attached hydrogens (tertiary/aromatic N) is 1. The van der Waals surface area contributed by atoms with Gasteiger partial charge in [0.25, 0.3) is 0 Å². The third-order valence-electron chi connectivity index (χ3n) is 4.22. The third-order valence-corrected chi connectivity index (χ3v) is 4.22. The number of hydrogen-bond donors (Lipinski definition) is 1. The van der Waals surface area contributed by atoms with E-state index in [1.165, 1.54) is 19.3 Å². The highest BCUT2D eigenvalue weighted by atomic mass is 16.4.